The van der Waals surface area contributed by atoms with Crippen LogP contribution in [0.15, 0.2) is 35.5 Å². The number of ether oxygens (including phenoxy) is 1. The molecule has 0 saturated heterocycles. The van der Waals surface area contributed by atoms with Crippen LogP contribution in [0.5, 0.6) is 5.75 Å². The molecule has 0 amide bonds. The van der Waals surface area contributed by atoms with Crippen LogP contribution in [0.25, 0.3) is 0 Å². The maximum Gasteiger partial charge on any atom is 0.193 e. The van der Waals surface area contributed by atoms with E-state index in [1.807, 2.05) is 18.3 Å². The molecule has 0 unspecified atom stereocenters. The molecule has 7 heteroatoms. The first-order valence-electron chi connectivity index (χ1n) is 8.16. The summed E-state index contributed by atoms with van der Waals surface area (Å²) in [7, 11) is 3.74. The highest BCUT2D eigenvalue weighted by atomic mass is 127. The van der Waals surface area contributed by atoms with E-state index in [1.165, 1.54) is 10.4 Å². The summed E-state index contributed by atoms with van der Waals surface area (Å²) in [4.78, 5) is 12.5. The molecule has 1 aromatic carbocycles. The van der Waals surface area contributed by atoms with Crippen molar-refractivity contribution in [1.82, 2.24) is 15.2 Å². The van der Waals surface area contributed by atoms with E-state index in [1.54, 1.807) is 18.4 Å². The Morgan fingerprint density at radius 3 is 2.60 bits per heavy atom. The number of aryl methyl sites for hydroxylation is 1. The normalized spacial score (nSPS) is 11.0. The molecule has 0 aliphatic heterocycles. The van der Waals surface area contributed by atoms with Gasteiger partial charge in [0.1, 0.15) is 5.75 Å². The average Bonchev–Trinajstić information content (AvgIpc) is 3.00. The van der Waals surface area contributed by atoms with Gasteiger partial charge in [-0.3, -0.25) is 4.99 Å². The van der Waals surface area contributed by atoms with Gasteiger partial charge in [0.25, 0.3) is 0 Å². The highest BCUT2D eigenvalue weighted by molar-refractivity contribution is 14.0. The van der Waals surface area contributed by atoms with Gasteiger partial charge in [-0.15, -0.1) is 35.3 Å². The summed E-state index contributed by atoms with van der Waals surface area (Å²) in [5.41, 5.74) is 1.22. The lowest BCUT2D eigenvalue weighted by Crippen LogP contribution is -2.38. The molecule has 2 aromatic rings. The monoisotopic (exact) mass is 474 g/mol. The van der Waals surface area contributed by atoms with E-state index in [0.717, 1.165) is 42.8 Å². The Morgan fingerprint density at radius 2 is 2.04 bits per heavy atom. The first kappa shape index (κ1) is 21.7. The van der Waals surface area contributed by atoms with E-state index >= 15 is 0 Å². The van der Waals surface area contributed by atoms with Gasteiger partial charge in [-0.2, -0.15) is 0 Å². The topological polar surface area (TPSA) is 49.8 Å². The summed E-state index contributed by atoms with van der Waals surface area (Å²) < 4.78 is 5.20. The zero-order chi connectivity index (χ0) is 17.4. The molecule has 1 heterocycles. The van der Waals surface area contributed by atoms with Crippen LogP contribution in [-0.4, -0.2) is 43.1 Å². The molecule has 0 bridgehead atoms. The number of hydrogen-bond acceptors (Lipinski definition) is 4. The molecule has 0 spiro atoms. The predicted molar refractivity (Wildman–Crippen MR) is 116 cm³/mol. The Hall–Kier alpha value is -1.35. The van der Waals surface area contributed by atoms with Crippen molar-refractivity contribution in [2.24, 2.45) is 4.99 Å². The van der Waals surface area contributed by atoms with Gasteiger partial charge in [-0.25, -0.2) is 4.98 Å². The maximum absolute atomic E-state index is 5.20. The number of thiazole rings is 1. The van der Waals surface area contributed by atoms with Gasteiger partial charge in [0.15, 0.2) is 5.96 Å². The van der Waals surface area contributed by atoms with Crippen molar-refractivity contribution in [3.8, 4) is 5.75 Å². The minimum Gasteiger partial charge on any atom is -0.497 e. The summed E-state index contributed by atoms with van der Waals surface area (Å²) >= 11 is 1.74. The average molecular weight is 474 g/mol. The van der Waals surface area contributed by atoms with E-state index in [-0.39, 0.29) is 24.0 Å². The molecular formula is C18H27IN4OS. The number of methoxy groups -OCH3 is 1. The zero-order valence-electron chi connectivity index (χ0n) is 15.3. The fraction of sp³-hybridized carbons (Fsp3) is 0.444. The second-order valence-corrected chi connectivity index (χ2v) is 6.87. The lowest BCUT2D eigenvalue weighted by Gasteiger charge is -2.22. The van der Waals surface area contributed by atoms with Crippen LogP contribution in [-0.2, 0) is 13.0 Å². The van der Waals surface area contributed by atoms with Crippen molar-refractivity contribution < 1.29 is 4.74 Å². The quantitative estimate of drug-likeness (QED) is 0.378. The van der Waals surface area contributed by atoms with Crippen LogP contribution in [0.3, 0.4) is 0 Å². The van der Waals surface area contributed by atoms with Gasteiger partial charge in [-0.1, -0.05) is 12.1 Å². The first-order valence-corrected chi connectivity index (χ1v) is 8.97. The Kier molecular flexibility index (Phi) is 9.81. The van der Waals surface area contributed by atoms with E-state index in [9.17, 15) is 0 Å². The number of benzene rings is 1. The number of hydrogen-bond donors (Lipinski definition) is 1. The highest BCUT2D eigenvalue weighted by Gasteiger charge is 2.07. The SMILES string of the molecule is CCNC(=NCCc1ncc(C)s1)N(C)Cc1ccc(OC)cc1.I. The first-order chi connectivity index (χ1) is 11.6. The molecule has 0 atom stereocenters. The van der Waals surface area contributed by atoms with Crippen LogP contribution in [0.1, 0.15) is 22.4 Å². The Bertz CT molecular complexity index is 657. The Balaban J connectivity index is 0.00000312. The van der Waals surface area contributed by atoms with Gasteiger partial charge < -0.3 is 15.0 Å². The number of aliphatic imine (C=N–C) groups is 1. The molecule has 1 N–H and O–H groups in total. The molecule has 0 saturated carbocycles. The van der Waals surface area contributed by atoms with Crippen molar-refractivity contribution in [3.63, 3.8) is 0 Å². The third-order valence-corrected chi connectivity index (χ3v) is 4.50. The van der Waals surface area contributed by atoms with Crippen molar-refractivity contribution in [1.29, 1.82) is 0 Å². The Morgan fingerprint density at radius 1 is 1.32 bits per heavy atom. The standard InChI is InChI=1S/C18H26N4OS.HI/c1-5-19-18(20-11-10-17-21-12-14(2)24-17)22(3)13-15-6-8-16(23-4)9-7-15;/h6-9,12H,5,10-11,13H2,1-4H3,(H,19,20);1H. The van der Waals surface area contributed by atoms with E-state index in [0.29, 0.717) is 0 Å². The van der Waals surface area contributed by atoms with Crippen molar-refractivity contribution in [2.45, 2.75) is 26.8 Å². The number of guanidine groups is 1. The van der Waals surface area contributed by atoms with Crippen LogP contribution in [0.4, 0.5) is 0 Å². The molecule has 0 radical (unpaired) electrons. The summed E-state index contributed by atoms with van der Waals surface area (Å²) in [6, 6.07) is 8.13. The van der Waals surface area contributed by atoms with Gasteiger partial charge in [0.2, 0.25) is 0 Å². The lowest BCUT2D eigenvalue weighted by atomic mass is 10.2. The molecule has 5 nitrogen and oxygen atoms in total. The third-order valence-electron chi connectivity index (χ3n) is 3.53. The molecule has 0 aliphatic rings. The van der Waals surface area contributed by atoms with Crippen LogP contribution in [0.2, 0.25) is 0 Å². The van der Waals surface area contributed by atoms with Crippen molar-refractivity contribution in [2.75, 3.05) is 27.2 Å². The number of rotatable bonds is 7. The number of nitrogens with zero attached hydrogens (tertiary/aromatic N) is 3. The highest BCUT2D eigenvalue weighted by Crippen LogP contribution is 2.13. The van der Waals surface area contributed by atoms with Gasteiger partial charge >= 0.3 is 0 Å². The van der Waals surface area contributed by atoms with E-state index in [4.69, 9.17) is 9.73 Å². The molecule has 0 aliphatic carbocycles. The summed E-state index contributed by atoms with van der Waals surface area (Å²) in [6.45, 7) is 6.55. The summed E-state index contributed by atoms with van der Waals surface area (Å²) in [6.07, 6.45) is 2.80. The van der Waals surface area contributed by atoms with E-state index < -0.39 is 0 Å². The fourth-order valence-corrected chi connectivity index (χ4v) is 3.10. The van der Waals surface area contributed by atoms with E-state index in [2.05, 4.69) is 48.2 Å². The third kappa shape index (κ3) is 7.19. The summed E-state index contributed by atoms with van der Waals surface area (Å²) in [5, 5.41) is 4.49. The second kappa shape index (κ2) is 11.3. The largest absolute Gasteiger partial charge is 0.497 e. The lowest BCUT2D eigenvalue weighted by molar-refractivity contribution is 0.414. The number of aromatic nitrogens is 1. The number of halogens is 1. The number of nitrogens with one attached hydrogen (secondary N) is 1. The zero-order valence-corrected chi connectivity index (χ0v) is 18.4. The summed E-state index contributed by atoms with van der Waals surface area (Å²) in [5.74, 6) is 1.79. The fourth-order valence-electron chi connectivity index (χ4n) is 2.32. The Labute approximate surface area is 171 Å². The minimum atomic E-state index is 0. The molecule has 138 valence electrons. The molecule has 25 heavy (non-hydrogen) atoms. The van der Waals surface area contributed by atoms with Crippen LogP contribution in [0, 0.1) is 6.92 Å². The molecule has 1 aromatic heterocycles. The van der Waals surface area contributed by atoms with Gasteiger partial charge in [0.05, 0.1) is 12.1 Å². The van der Waals surface area contributed by atoms with Gasteiger partial charge in [-0.05, 0) is 31.5 Å². The second-order valence-electron chi connectivity index (χ2n) is 5.55. The molecule has 2 rings (SSSR count). The molecule has 0 fully saturated rings. The maximum atomic E-state index is 5.20. The predicted octanol–water partition coefficient (Wildman–Crippen LogP) is 3.72. The minimum absolute atomic E-state index is 0. The van der Waals surface area contributed by atoms with Crippen molar-refractivity contribution in [3.05, 3.63) is 45.9 Å². The molecular weight excluding hydrogens is 447 g/mol. The van der Waals surface area contributed by atoms with Gasteiger partial charge in [0, 0.05) is 44.2 Å². The smallest absolute Gasteiger partial charge is 0.193 e. The van der Waals surface area contributed by atoms with Crippen molar-refractivity contribution >= 4 is 41.3 Å². The van der Waals surface area contributed by atoms with Crippen LogP contribution >= 0.6 is 35.3 Å². The van der Waals surface area contributed by atoms with Crippen LogP contribution < -0.4 is 10.1 Å².